The van der Waals surface area contributed by atoms with Gasteiger partial charge in [0, 0.05) is 0 Å². The number of halogens is 1. The molecule has 0 aromatic rings. The van der Waals surface area contributed by atoms with Gasteiger partial charge in [-0.15, -0.1) is 11.8 Å². The third kappa shape index (κ3) is 5.74. The number of rotatable bonds is 4. The van der Waals surface area contributed by atoms with E-state index in [1.807, 2.05) is 34.6 Å². The maximum Gasteiger partial charge on any atom is 1.00 e. The molecule has 1 N–H and O–H groups in total. The fourth-order valence-electron chi connectivity index (χ4n) is 2.28. The van der Waals surface area contributed by atoms with Gasteiger partial charge in [-0.3, -0.25) is 0 Å². The fraction of sp³-hybridized carbons (Fsp3) is 0.923. The van der Waals surface area contributed by atoms with Crippen LogP contribution in [0.3, 0.4) is 0 Å². The standard InChI is InChI=1S/C13H23O5S.ClH.Hg/c1-6-19-11(14)10-9(17-13(4,5)18-10)8-7-15-12(2,3)16-8;;/h8-9,11,14H,6-7H2,1-5H3;1H;/q;;+1/p-1/t8-,9-,11?;;/m1../s1. The molecule has 2 heterocycles. The SMILES string of the molecule is CCSC(O)[C]1OC(C)(C)O[C@@H]1[C@H]1COC(C)(C)O1.[Cl-].[Hg+]. The minimum Gasteiger partial charge on any atom is -1.00 e. The molecule has 0 aromatic carbocycles. The third-order valence-corrected chi connectivity index (χ3v) is 3.87. The third-order valence-electron chi connectivity index (χ3n) is 2.99. The van der Waals surface area contributed by atoms with E-state index in [1.54, 1.807) is 0 Å². The van der Waals surface area contributed by atoms with Crippen molar-refractivity contribution < 1.29 is 64.1 Å². The van der Waals surface area contributed by atoms with Crippen LogP contribution < -0.4 is 12.4 Å². The van der Waals surface area contributed by atoms with Crippen molar-refractivity contribution in [2.45, 2.75) is 63.8 Å². The molecule has 3 atom stereocenters. The van der Waals surface area contributed by atoms with Gasteiger partial charge in [-0.2, -0.15) is 0 Å². The van der Waals surface area contributed by atoms with E-state index in [-0.39, 0.29) is 46.2 Å². The molecule has 0 aliphatic carbocycles. The second-order valence-corrected chi connectivity index (χ2v) is 6.97. The van der Waals surface area contributed by atoms with E-state index in [0.717, 1.165) is 5.75 Å². The van der Waals surface area contributed by atoms with E-state index in [1.165, 1.54) is 11.8 Å². The topological polar surface area (TPSA) is 57.2 Å². The Morgan fingerprint density at radius 3 is 2.33 bits per heavy atom. The molecule has 5 nitrogen and oxygen atoms in total. The van der Waals surface area contributed by atoms with Gasteiger partial charge in [-0.1, -0.05) is 6.92 Å². The van der Waals surface area contributed by atoms with Gasteiger partial charge in [0.2, 0.25) is 0 Å². The zero-order valence-corrected chi connectivity index (χ0v) is 20.3. The number of hydrogen-bond acceptors (Lipinski definition) is 6. The Bertz CT molecular complexity index is 332. The molecule has 21 heavy (non-hydrogen) atoms. The Labute approximate surface area is 157 Å². The van der Waals surface area contributed by atoms with Gasteiger partial charge in [-0.25, -0.2) is 0 Å². The molecule has 0 spiro atoms. The predicted molar refractivity (Wildman–Crippen MR) is 72.3 cm³/mol. The van der Waals surface area contributed by atoms with Crippen molar-refractivity contribution in [2.24, 2.45) is 0 Å². The van der Waals surface area contributed by atoms with E-state index in [2.05, 4.69) is 0 Å². The van der Waals surface area contributed by atoms with E-state index >= 15 is 0 Å². The van der Waals surface area contributed by atoms with Crippen molar-refractivity contribution in [3.63, 3.8) is 0 Å². The number of ether oxygens (including phenoxy) is 4. The average Bonchev–Trinajstić information content (AvgIpc) is 2.78. The van der Waals surface area contributed by atoms with Gasteiger partial charge in [0.1, 0.15) is 17.6 Å². The summed E-state index contributed by atoms with van der Waals surface area (Å²) >= 11 is 1.41. The summed E-state index contributed by atoms with van der Waals surface area (Å²) in [5.74, 6) is -0.561. The summed E-state index contributed by atoms with van der Waals surface area (Å²) in [6.45, 7) is 9.82. The van der Waals surface area contributed by atoms with Crippen LogP contribution in [0.4, 0.5) is 0 Å². The molecule has 0 aromatic heterocycles. The van der Waals surface area contributed by atoms with Crippen molar-refractivity contribution >= 4 is 11.8 Å². The van der Waals surface area contributed by atoms with Crippen LogP contribution in [-0.4, -0.2) is 46.7 Å². The normalized spacial score (nSPS) is 32.3. The van der Waals surface area contributed by atoms with Gasteiger partial charge < -0.3 is 36.5 Å². The molecular formula is C13H23ClHgO5S. The molecule has 0 saturated carbocycles. The predicted octanol–water partition coefficient (Wildman–Crippen LogP) is -1.11. The van der Waals surface area contributed by atoms with E-state index in [0.29, 0.717) is 12.7 Å². The van der Waals surface area contributed by atoms with Gasteiger partial charge in [0.25, 0.3) is 0 Å². The molecule has 120 valence electrons. The molecule has 0 bridgehead atoms. The van der Waals surface area contributed by atoms with Crippen LogP contribution in [0.2, 0.25) is 0 Å². The zero-order valence-electron chi connectivity index (χ0n) is 13.2. The Morgan fingerprint density at radius 2 is 1.86 bits per heavy atom. The van der Waals surface area contributed by atoms with Crippen molar-refractivity contribution in [3.05, 3.63) is 6.10 Å². The minimum absolute atomic E-state index is 0. The average molecular weight is 527 g/mol. The summed E-state index contributed by atoms with van der Waals surface area (Å²) in [5.41, 5.74) is -0.705. The van der Waals surface area contributed by atoms with Gasteiger partial charge >= 0.3 is 27.7 Å². The quantitative estimate of drug-likeness (QED) is 0.370. The van der Waals surface area contributed by atoms with E-state index in [4.69, 9.17) is 18.9 Å². The Balaban J connectivity index is 0.00000200. The van der Waals surface area contributed by atoms with Crippen LogP contribution in [-0.2, 0) is 46.6 Å². The van der Waals surface area contributed by atoms with E-state index in [9.17, 15) is 5.11 Å². The van der Waals surface area contributed by atoms with E-state index < -0.39 is 23.1 Å². The van der Waals surface area contributed by atoms with Crippen LogP contribution in [0.15, 0.2) is 0 Å². The van der Waals surface area contributed by atoms with Crippen molar-refractivity contribution in [1.82, 2.24) is 0 Å². The number of hydrogen-bond donors (Lipinski definition) is 1. The maximum atomic E-state index is 10.2. The summed E-state index contributed by atoms with van der Waals surface area (Å²) in [5, 5.41) is 10.2. The molecule has 2 aliphatic heterocycles. The van der Waals surface area contributed by atoms with Crippen LogP contribution in [0.1, 0.15) is 34.6 Å². The molecule has 2 aliphatic rings. The summed E-state index contributed by atoms with van der Waals surface area (Å²) < 4.78 is 23.0. The first kappa shape index (κ1) is 22.4. The first-order valence-electron chi connectivity index (χ1n) is 6.59. The molecule has 2 saturated heterocycles. The summed E-state index contributed by atoms with van der Waals surface area (Å²) in [7, 11) is 0. The number of aliphatic hydroxyl groups is 1. The molecule has 2 fully saturated rings. The summed E-state index contributed by atoms with van der Waals surface area (Å²) in [6, 6.07) is 0. The van der Waals surface area contributed by atoms with Gasteiger partial charge in [0.15, 0.2) is 17.7 Å². The minimum atomic E-state index is -0.745. The maximum absolute atomic E-state index is 10.2. The Kier molecular flexibility index (Phi) is 9.02. The van der Waals surface area contributed by atoms with Gasteiger partial charge in [0.05, 0.1) is 6.61 Å². The van der Waals surface area contributed by atoms with Crippen molar-refractivity contribution in [2.75, 3.05) is 12.4 Å². The molecular weight excluding hydrogens is 504 g/mol. The molecule has 0 amide bonds. The Hall–Kier alpha value is 1.38. The van der Waals surface area contributed by atoms with Crippen LogP contribution >= 0.6 is 11.8 Å². The van der Waals surface area contributed by atoms with Crippen LogP contribution in [0, 0.1) is 6.10 Å². The molecule has 2 rings (SSSR count). The van der Waals surface area contributed by atoms with Crippen LogP contribution in [0.25, 0.3) is 0 Å². The van der Waals surface area contributed by atoms with Crippen molar-refractivity contribution in [1.29, 1.82) is 0 Å². The smallest absolute Gasteiger partial charge is 1.00 e. The first-order chi connectivity index (χ1) is 8.74. The number of aliphatic hydroxyl groups excluding tert-OH is 1. The van der Waals surface area contributed by atoms with Crippen LogP contribution in [0.5, 0.6) is 0 Å². The number of thioether (sulfide) groups is 1. The van der Waals surface area contributed by atoms with Crippen molar-refractivity contribution in [3.8, 4) is 0 Å². The largest absolute Gasteiger partial charge is 1.00 e. The molecule has 1 unspecified atom stereocenters. The first-order valence-corrected chi connectivity index (χ1v) is 7.64. The summed E-state index contributed by atoms with van der Waals surface area (Å²) in [4.78, 5) is 0. The monoisotopic (exact) mass is 528 g/mol. The van der Waals surface area contributed by atoms with Gasteiger partial charge in [-0.05, 0) is 33.4 Å². The molecule has 8 heteroatoms. The summed E-state index contributed by atoms with van der Waals surface area (Å²) in [6.07, 6.45) is -0.118. The fourth-order valence-corrected chi connectivity index (χ4v) is 2.95. The second kappa shape index (κ2) is 8.47. The second-order valence-electron chi connectivity index (χ2n) is 5.62. The zero-order chi connectivity index (χ0) is 14.3. The molecule has 2 radical (unpaired) electrons. The Morgan fingerprint density at radius 1 is 1.24 bits per heavy atom.